The molecular weight excluding hydrogens is 434 g/mol. The minimum atomic E-state index is -0.276. The third kappa shape index (κ3) is 4.04. The molecule has 0 unspecified atom stereocenters. The summed E-state index contributed by atoms with van der Waals surface area (Å²) in [4.78, 5) is 21.6. The molecular formula is C20H24ClN9O2. The highest BCUT2D eigenvalue weighted by molar-refractivity contribution is 6.29. The Kier molecular flexibility index (Phi) is 5.85. The van der Waals surface area contributed by atoms with Crippen molar-refractivity contribution < 1.29 is 9.53 Å². The van der Waals surface area contributed by atoms with Crippen molar-refractivity contribution in [3.05, 3.63) is 40.4 Å². The van der Waals surface area contributed by atoms with E-state index >= 15 is 0 Å². The number of fused-ring (bicyclic) bond motifs is 2. The van der Waals surface area contributed by atoms with E-state index in [1.54, 1.807) is 29.3 Å². The number of nitrogens with one attached hydrogen (secondary N) is 2. The second-order valence-electron chi connectivity index (χ2n) is 7.56. The van der Waals surface area contributed by atoms with Crippen LogP contribution in [0.25, 0.3) is 16.7 Å². The first kappa shape index (κ1) is 21.8. The average molecular weight is 458 g/mol. The minimum absolute atomic E-state index is 0.243. The number of amides is 1. The first-order valence-corrected chi connectivity index (χ1v) is 10.4. The molecule has 0 fully saturated rings. The average Bonchev–Trinajstić information content (AvgIpc) is 3.27. The van der Waals surface area contributed by atoms with Crippen LogP contribution in [-0.2, 0) is 18.4 Å². The van der Waals surface area contributed by atoms with E-state index in [4.69, 9.17) is 22.1 Å². The van der Waals surface area contributed by atoms with Gasteiger partial charge in [0.05, 0.1) is 30.1 Å². The number of nitrogen functional groups attached to an aromatic ring is 1. The van der Waals surface area contributed by atoms with Gasteiger partial charge < -0.3 is 21.1 Å². The summed E-state index contributed by atoms with van der Waals surface area (Å²) < 4.78 is 9.11. The lowest BCUT2D eigenvalue weighted by Gasteiger charge is -2.15. The number of anilines is 2. The Labute approximate surface area is 188 Å². The Hall–Kier alpha value is -3.44. The smallest absolute Gasteiger partial charge is 0.270 e. The van der Waals surface area contributed by atoms with Gasteiger partial charge in [0.25, 0.3) is 5.91 Å². The summed E-state index contributed by atoms with van der Waals surface area (Å²) in [5.41, 5.74) is 10.5. The third-order valence-corrected chi connectivity index (χ3v) is 5.21. The monoisotopic (exact) mass is 457 g/mol. The highest BCUT2D eigenvalue weighted by Crippen LogP contribution is 2.22. The zero-order valence-electron chi connectivity index (χ0n) is 18.2. The van der Waals surface area contributed by atoms with Gasteiger partial charge in [-0.15, -0.1) is 5.10 Å². The van der Waals surface area contributed by atoms with E-state index in [2.05, 4.69) is 30.9 Å². The predicted molar refractivity (Wildman–Crippen MR) is 122 cm³/mol. The maximum Gasteiger partial charge on any atom is 0.270 e. The van der Waals surface area contributed by atoms with Crippen LogP contribution in [0.4, 0.5) is 11.5 Å². The van der Waals surface area contributed by atoms with Gasteiger partial charge in [0.2, 0.25) is 0 Å². The lowest BCUT2D eigenvalue weighted by molar-refractivity contribution is 0.0815. The quantitative estimate of drug-likeness (QED) is 0.358. The molecule has 0 aliphatic rings. The van der Waals surface area contributed by atoms with Gasteiger partial charge in [-0.1, -0.05) is 16.8 Å². The fourth-order valence-electron chi connectivity index (χ4n) is 3.56. The topological polar surface area (TPSA) is 137 Å². The van der Waals surface area contributed by atoms with Crippen LogP contribution in [-0.4, -0.2) is 55.0 Å². The number of aryl methyl sites for hydroxylation is 2. The number of aromatic nitrogens is 6. The maximum atomic E-state index is 12.9. The van der Waals surface area contributed by atoms with Crippen molar-refractivity contribution in [2.75, 3.05) is 24.7 Å². The Morgan fingerprint density at radius 3 is 2.88 bits per heavy atom. The van der Waals surface area contributed by atoms with Gasteiger partial charge in [0, 0.05) is 26.3 Å². The van der Waals surface area contributed by atoms with Gasteiger partial charge in [0.15, 0.2) is 11.5 Å². The first-order chi connectivity index (χ1) is 15.3. The molecule has 3 heterocycles. The fraction of sp³-hybridized carbons (Fsp3) is 0.350. The van der Waals surface area contributed by atoms with Gasteiger partial charge in [0.1, 0.15) is 16.4 Å². The molecule has 168 valence electrons. The van der Waals surface area contributed by atoms with Crippen molar-refractivity contribution in [1.29, 1.82) is 0 Å². The third-order valence-electron chi connectivity index (χ3n) is 5.02. The van der Waals surface area contributed by atoms with E-state index < -0.39 is 0 Å². The van der Waals surface area contributed by atoms with Crippen LogP contribution >= 0.6 is 11.6 Å². The number of nitrogens with two attached hydrogens (primary N) is 1. The maximum absolute atomic E-state index is 12.9. The molecule has 32 heavy (non-hydrogen) atoms. The first-order valence-electron chi connectivity index (χ1n) is 9.97. The van der Waals surface area contributed by atoms with E-state index in [9.17, 15) is 4.79 Å². The molecule has 1 atom stereocenters. The zero-order valence-corrected chi connectivity index (χ0v) is 18.9. The number of carbonyl (C=O) groups is 1. The number of imidazole rings is 1. The molecule has 12 heteroatoms. The van der Waals surface area contributed by atoms with Crippen LogP contribution in [0.2, 0.25) is 5.15 Å². The Balaban J connectivity index is 1.42. The van der Waals surface area contributed by atoms with Crippen molar-refractivity contribution in [1.82, 2.24) is 34.7 Å². The molecule has 4 rings (SSSR count). The van der Waals surface area contributed by atoms with Crippen LogP contribution < -0.4 is 16.4 Å². The van der Waals surface area contributed by atoms with E-state index in [1.807, 2.05) is 26.1 Å². The van der Waals surface area contributed by atoms with Crippen LogP contribution in [0.15, 0.2) is 18.3 Å². The summed E-state index contributed by atoms with van der Waals surface area (Å²) in [7, 11) is 3.53. The van der Waals surface area contributed by atoms with Gasteiger partial charge >= 0.3 is 0 Å². The number of hydrogen-bond donors (Lipinski definition) is 3. The molecule has 1 aromatic carbocycles. The SMILES string of the molecule is CNc1nc(Cl)cn2c(C(=O)N[C@H](C)COCc3cc(N)c4nnn(C)c4c3)c(C)nc12. The molecule has 0 aliphatic carbocycles. The van der Waals surface area contributed by atoms with Crippen molar-refractivity contribution in [2.24, 2.45) is 7.05 Å². The molecule has 0 saturated carbocycles. The Morgan fingerprint density at radius 1 is 1.34 bits per heavy atom. The summed E-state index contributed by atoms with van der Waals surface area (Å²) in [6, 6.07) is 3.51. The van der Waals surface area contributed by atoms with Gasteiger partial charge in [-0.25, -0.2) is 14.6 Å². The summed E-state index contributed by atoms with van der Waals surface area (Å²) >= 11 is 6.10. The van der Waals surface area contributed by atoms with E-state index in [0.717, 1.165) is 11.1 Å². The highest BCUT2D eigenvalue weighted by atomic mass is 35.5. The number of hydrogen-bond acceptors (Lipinski definition) is 8. The van der Waals surface area contributed by atoms with Crippen LogP contribution in [0.3, 0.4) is 0 Å². The molecule has 3 aromatic heterocycles. The van der Waals surface area contributed by atoms with Crippen LogP contribution in [0.1, 0.15) is 28.7 Å². The molecule has 1 amide bonds. The van der Waals surface area contributed by atoms with Crippen molar-refractivity contribution >= 4 is 45.7 Å². The second kappa shape index (κ2) is 8.60. The number of benzene rings is 1. The largest absolute Gasteiger partial charge is 0.397 e. The highest BCUT2D eigenvalue weighted by Gasteiger charge is 2.21. The summed E-state index contributed by atoms with van der Waals surface area (Å²) in [5.74, 6) is 0.220. The molecule has 0 aliphatic heterocycles. The van der Waals surface area contributed by atoms with Gasteiger partial charge in [-0.2, -0.15) is 0 Å². The Bertz CT molecular complexity index is 1310. The molecule has 0 saturated heterocycles. The van der Waals surface area contributed by atoms with Crippen molar-refractivity contribution in [3.63, 3.8) is 0 Å². The van der Waals surface area contributed by atoms with Crippen LogP contribution in [0.5, 0.6) is 0 Å². The summed E-state index contributed by atoms with van der Waals surface area (Å²) in [6.07, 6.45) is 1.57. The molecule has 0 radical (unpaired) electrons. The lowest BCUT2D eigenvalue weighted by Crippen LogP contribution is -2.36. The van der Waals surface area contributed by atoms with Gasteiger partial charge in [-0.3, -0.25) is 9.20 Å². The standard InChI is InChI=1S/C20H24ClN9O2/c1-10(8-32-9-12-5-13(22)16-14(6-12)29(4)28-27-16)24-20(31)17-11(2)25-19-18(23-3)26-15(21)7-30(17)19/h5-7,10H,8-9,22H2,1-4H3,(H,23,26)(H,24,31)/t10-/m1/s1. The number of rotatable bonds is 7. The minimum Gasteiger partial charge on any atom is -0.397 e. The molecule has 4 aromatic rings. The predicted octanol–water partition coefficient (Wildman–Crippen LogP) is 1.93. The molecule has 4 N–H and O–H groups in total. The molecule has 11 nitrogen and oxygen atoms in total. The molecule has 0 spiro atoms. The second-order valence-corrected chi connectivity index (χ2v) is 7.94. The number of ether oxygens (including phenoxy) is 1. The fourth-order valence-corrected chi connectivity index (χ4v) is 3.74. The number of carbonyl (C=O) groups excluding carboxylic acids is 1. The number of nitrogens with zero attached hydrogens (tertiary/aromatic N) is 6. The molecule has 0 bridgehead atoms. The van der Waals surface area contributed by atoms with E-state index in [0.29, 0.717) is 47.3 Å². The van der Waals surface area contributed by atoms with E-state index in [-0.39, 0.29) is 17.1 Å². The lowest BCUT2D eigenvalue weighted by atomic mass is 10.2. The normalized spacial score (nSPS) is 12.4. The summed E-state index contributed by atoms with van der Waals surface area (Å²) in [6.45, 7) is 4.29. The van der Waals surface area contributed by atoms with E-state index in [1.165, 1.54) is 0 Å². The van der Waals surface area contributed by atoms with Crippen molar-refractivity contribution in [3.8, 4) is 0 Å². The van der Waals surface area contributed by atoms with Crippen molar-refractivity contribution in [2.45, 2.75) is 26.5 Å². The van der Waals surface area contributed by atoms with Gasteiger partial charge in [-0.05, 0) is 31.5 Å². The Morgan fingerprint density at radius 2 is 2.12 bits per heavy atom. The van der Waals surface area contributed by atoms with Crippen LogP contribution in [0, 0.1) is 6.92 Å². The number of halogens is 1. The zero-order chi connectivity index (χ0) is 23.0. The summed E-state index contributed by atoms with van der Waals surface area (Å²) in [5, 5.41) is 14.2.